The van der Waals surface area contributed by atoms with Crippen LogP contribution in [0.15, 0.2) is 55.0 Å². The summed E-state index contributed by atoms with van der Waals surface area (Å²) in [6.07, 6.45) is 6.50. The Morgan fingerprint density at radius 2 is 1.95 bits per heavy atom. The number of fused-ring (bicyclic) bond motifs is 1. The standard InChI is InChI=1S/C16H15N3O/c20-16(6-5-12-7-9-17-10-8-12)19-15-11-18-14-4-2-1-3-13(14)15/h1-4,7-11,18H,5-6H2,(H,19,20). The number of rotatable bonds is 4. The van der Waals surface area contributed by atoms with Gasteiger partial charge in [0.25, 0.3) is 0 Å². The number of aromatic nitrogens is 2. The average molecular weight is 265 g/mol. The van der Waals surface area contributed by atoms with Gasteiger partial charge in [0.1, 0.15) is 0 Å². The zero-order valence-electron chi connectivity index (χ0n) is 11.0. The summed E-state index contributed by atoms with van der Waals surface area (Å²) in [6, 6.07) is 11.8. The third-order valence-corrected chi connectivity index (χ3v) is 3.25. The van der Waals surface area contributed by atoms with Crippen LogP contribution in [0.25, 0.3) is 10.9 Å². The minimum Gasteiger partial charge on any atom is -0.359 e. The van der Waals surface area contributed by atoms with E-state index < -0.39 is 0 Å². The number of anilines is 1. The molecule has 2 N–H and O–H groups in total. The Morgan fingerprint density at radius 1 is 1.15 bits per heavy atom. The molecule has 0 bridgehead atoms. The second kappa shape index (κ2) is 5.57. The zero-order valence-corrected chi connectivity index (χ0v) is 11.0. The molecule has 2 heterocycles. The van der Waals surface area contributed by atoms with Gasteiger partial charge in [-0.25, -0.2) is 0 Å². The quantitative estimate of drug-likeness (QED) is 0.761. The van der Waals surface area contributed by atoms with Crippen LogP contribution in [-0.2, 0) is 11.2 Å². The van der Waals surface area contributed by atoms with Gasteiger partial charge in [-0.1, -0.05) is 18.2 Å². The van der Waals surface area contributed by atoms with Crippen LogP contribution in [0.3, 0.4) is 0 Å². The van der Waals surface area contributed by atoms with Crippen LogP contribution in [-0.4, -0.2) is 15.9 Å². The maximum absolute atomic E-state index is 12.0. The molecular weight excluding hydrogens is 250 g/mol. The van der Waals surface area contributed by atoms with Crippen molar-refractivity contribution < 1.29 is 4.79 Å². The second-order valence-corrected chi connectivity index (χ2v) is 4.65. The summed E-state index contributed by atoms with van der Waals surface area (Å²) in [5.41, 5.74) is 2.98. The summed E-state index contributed by atoms with van der Waals surface area (Å²) in [5.74, 6) is 0.0200. The molecule has 0 fully saturated rings. The Kier molecular flexibility index (Phi) is 3.46. The first-order valence-electron chi connectivity index (χ1n) is 6.58. The summed E-state index contributed by atoms with van der Waals surface area (Å²) in [4.78, 5) is 19.1. The van der Waals surface area contributed by atoms with Gasteiger partial charge >= 0.3 is 0 Å². The van der Waals surface area contributed by atoms with E-state index in [0.29, 0.717) is 6.42 Å². The molecule has 1 aromatic carbocycles. The van der Waals surface area contributed by atoms with Crippen molar-refractivity contribution in [2.75, 3.05) is 5.32 Å². The first-order chi connectivity index (χ1) is 9.83. The molecule has 0 radical (unpaired) electrons. The van der Waals surface area contributed by atoms with E-state index in [0.717, 1.165) is 28.6 Å². The molecule has 0 unspecified atom stereocenters. The highest BCUT2D eigenvalue weighted by molar-refractivity contribution is 6.01. The van der Waals surface area contributed by atoms with Crippen LogP contribution in [0, 0.1) is 0 Å². The first kappa shape index (κ1) is 12.4. The molecule has 2 aromatic heterocycles. The van der Waals surface area contributed by atoms with Crippen molar-refractivity contribution >= 4 is 22.5 Å². The van der Waals surface area contributed by atoms with E-state index in [9.17, 15) is 4.79 Å². The van der Waals surface area contributed by atoms with Crippen LogP contribution in [0.4, 0.5) is 5.69 Å². The van der Waals surface area contributed by atoms with Crippen molar-refractivity contribution in [1.29, 1.82) is 0 Å². The Hall–Kier alpha value is -2.62. The predicted octanol–water partition coefficient (Wildman–Crippen LogP) is 3.13. The number of benzene rings is 1. The number of amides is 1. The highest BCUT2D eigenvalue weighted by Gasteiger charge is 2.07. The van der Waals surface area contributed by atoms with Crippen molar-refractivity contribution in [1.82, 2.24) is 9.97 Å². The number of hydrogen-bond donors (Lipinski definition) is 2. The fraction of sp³-hybridized carbons (Fsp3) is 0.125. The van der Waals surface area contributed by atoms with Crippen molar-refractivity contribution in [2.45, 2.75) is 12.8 Å². The molecule has 0 saturated heterocycles. The normalized spacial score (nSPS) is 10.6. The highest BCUT2D eigenvalue weighted by atomic mass is 16.1. The number of carbonyl (C=O) groups is 1. The Bertz CT molecular complexity index is 719. The van der Waals surface area contributed by atoms with Gasteiger partial charge in [0.05, 0.1) is 5.69 Å². The molecule has 0 atom stereocenters. The molecule has 0 spiro atoms. The van der Waals surface area contributed by atoms with E-state index in [-0.39, 0.29) is 5.91 Å². The second-order valence-electron chi connectivity index (χ2n) is 4.65. The molecule has 100 valence electrons. The molecule has 3 rings (SSSR count). The van der Waals surface area contributed by atoms with Gasteiger partial charge in [0, 0.05) is 35.9 Å². The molecule has 0 aliphatic carbocycles. The maximum Gasteiger partial charge on any atom is 0.224 e. The van der Waals surface area contributed by atoms with Gasteiger partial charge in [-0.05, 0) is 30.2 Å². The van der Waals surface area contributed by atoms with Crippen LogP contribution in [0.5, 0.6) is 0 Å². The fourth-order valence-electron chi connectivity index (χ4n) is 2.19. The number of aryl methyl sites for hydroxylation is 1. The van der Waals surface area contributed by atoms with E-state index >= 15 is 0 Å². The van der Waals surface area contributed by atoms with Crippen molar-refractivity contribution in [3.8, 4) is 0 Å². The van der Waals surface area contributed by atoms with Crippen molar-refractivity contribution in [3.05, 3.63) is 60.6 Å². The first-order valence-corrected chi connectivity index (χ1v) is 6.58. The molecular formula is C16H15N3O. The van der Waals surface area contributed by atoms with Gasteiger partial charge in [-0.2, -0.15) is 0 Å². The molecule has 0 saturated carbocycles. The lowest BCUT2D eigenvalue weighted by Crippen LogP contribution is -2.11. The SMILES string of the molecule is O=C(CCc1ccncc1)Nc1c[nH]c2ccccc12. The minimum atomic E-state index is 0.0200. The summed E-state index contributed by atoms with van der Waals surface area (Å²) < 4.78 is 0. The molecule has 20 heavy (non-hydrogen) atoms. The van der Waals surface area contributed by atoms with E-state index in [4.69, 9.17) is 0 Å². The largest absolute Gasteiger partial charge is 0.359 e. The molecule has 0 aliphatic heterocycles. The Balaban J connectivity index is 1.64. The van der Waals surface area contributed by atoms with Crippen LogP contribution in [0.2, 0.25) is 0 Å². The van der Waals surface area contributed by atoms with E-state index in [2.05, 4.69) is 15.3 Å². The van der Waals surface area contributed by atoms with Gasteiger partial charge < -0.3 is 10.3 Å². The third-order valence-electron chi connectivity index (χ3n) is 3.25. The minimum absolute atomic E-state index is 0.0200. The van der Waals surface area contributed by atoms with Crippen LogP contribution in [0.1, 0.15) is 12.0 Å². The van der Waals surface area contributed by atoms with Crippen molar-refractivity contribution in [2.24, 2.45) is 0 Å². The molecule has 4 nitrogen and oxygen atoms in total. The highest BCUT2D eigenvalue weighted by Crippen LogP contribution is 2.22. The number of nitrogens with one attached hydrogen (secondary N) is 2. The molecule has 4 heteroatoms. The molecule has 0 aliphatic rings. The lowest BCUT2D eigenvalue weighted by molar-refractivity contribution is -0.116. The lowest BCUT2D eigenvalue weighted by atomic mass is 10.1. The summed E-state index contributed by atoms with van der Waals surface area (Å²) in [5, 5.41) is 3.98. The smallest absolute Gasteiger partial charge is 0.224 e. The third kappa shape index (κ3) is 2.69. The monoisotopic (exact) mass is 265 g/mol. The van der Waals surface area contributed by atoms with E-state index in [1.54, 1.807) is 12.4 Å². The molecule has 3 aromatic rings. The summed E-state index contributed by atoms with van der Waals surface area (Å²) >= 11 is 0. The average Bonchev–Trinajstić information content (AvgIpc) is 2.90. The van der Waals surface area contributed by atoms with Gasteiger partial charge in [-0.3, -0.25) is 9.78 Å². The number of nitrogens with zero attached hydrogens (tertiary/aromatic N) is 1. The maximum atomic E-state index is 12.0. The molecule has 1 amide bonds. The van der Waals surface area contributed by atoms with Crippen LogP contribution < -0.4 is 5.32 Å². The lowest BCUT2D eigenvalue weighted by Gasteiger charge is -2.04. The number of aromatic amines is 1. The Labute approximate surface area is 116 Å². The fourth-order valence-corrected chi connectivity index (χ4v) is 2.19. The van der Waals surface area contributed by atoms with E-state index in [1.165, 1.54) is 0 Å². The number of pyridine rings is 1. The zero-order chi connectivity index (χ0) is 13.8. The summed E-state index contributed by atoms with van der Waals surface area (Å²) in [7, 11) is 0. The summed E-state index contributed by atoms with van der Waals surface area (Å²) in [6.45, 7) is 0. The number of carbonyl (C=O) groups excluding carboxylic acids is 1. The van der Waals surface area contributed by atoms with Crippen LogP contribution >= 0.6 is 0 Å². The topological polar surface area (TPSA) is 57.8 Å². The number of hydrogen-bond acceptors (Lipinski definition) is 2. The predicted molar refractivity (Wildman–Crippen MR) is 79.5 cm³/mol. The van der Waals surface area contributed by atoms with Gasteiger partial charge in [-0.15, -0.1) is 0 Å². The van der Waals surface area contributed by atoms with E-state index in [1.807, 2.05) is 42.6 Å². The Morgan fingerprint density at radius 3 is 2.80 bits per heavy atom. The number of H-pyrrole nitrogens is 1. The number of para-hydroxylation sites is 1. The van der Waals surface area contributed by atoms with Gasteiger partial charge in [0.2, 0.25) is 5.91 Å². The van der Waals surface area contributed by atoms with Gasteiger partial charge in [0.15, 0.2) is 0 Å². The van der Waals surface area contributed by atoms with Crippen molar-refractivity contribution in [3.63, 3.8) is 0 Å².